The minimum Gasteiger partial charge on any atom is -0.550 e. The number of nitrogens with zero attached hydrogens (tertiary/aromatic N) is 1. The average molecular weight is 412 g/mol. The first-order chi connectivity index (χ1) is 14.1. The van der Waals surface area contributed by atoms with E-state index in [1.807, 2.05) is 36.4 Å². The van der Waals surface area contributed by atoms with Crippen molar-refractivity contribution in [3.05, 3.63) is 70.7 Å². The van der Waals surface area contributed by atoms with E-state index in [0.717, 1.165) is 24.2 Å². The number of carboxylic acid groups (broad SMARTS) is 1. The number of carbonyl (C=O) groups is 1. The molecule has 0 saturated heterocycles. The summed E-state index contributed by atoms with van der Waals surface area (Å²) in [5.74, 6) is 0.265. The molecule has 1 heterocycles. The van der Waals surface area contributed by atoms with Gasteiger partial charge in [0.25, 0.3) is 0 Å². The number of hydrogen-bond acceptors (Lipinski definition) is 7. The van der Waals surface area contributed by atoms with Crippen LogP contribution in [0.15, 0.2) is 53.9 Å². The van der Waals surface area contributed by atoms with Crippen molar-refractivity contribution in [2.45, 2.75) is 25.8 Å². The Labute approximate surface area is 174 Å². The summed E-state index contributed by atoms with van der Waals surface area (Å²) >= 11 is 1.37. The predicted molar refractivity (Wildman–Crippen MR) is 111 cm³/mol. The second-order valence-corrected chi connectivity index (χ2v) is 7.33. The van der Waals surface area contributed by atoms with Crippen LogP contribution in [0.1, 0.15) is 23.2 Å². The highest BCUT2D eigenvalue weighted by Gasteiger charge is 2.07. The first-order valence-electron chi connectivity index (χ1n) is 9.36. The Hall–Kier alpha value is -3.06. The van der Waals surface area contributed by atoms with Crippen LogP contribution < -0.4 is 19.9 Å². The Bertz CT molecular complexity index is 928. The lowest BCUT2D eigenvalue weighted by atomic mass is 10.1. The zero-order valence-corrected chi connectivity index (χ0v) is 17.0. The fourth-order valence-corrected chi connectivity index (χ4v) is 3.55. The molecular formula is C22H23N2O4S-. The number of rotatable bonds is 11. The molecule has 3 rings (SSSR count). The molecule has 0 aliphatic rings. The molecule has 0 amide bonds. The van der Waals surface area contributed by atoms with Gasteiger partial charge in [0.1, 0.15) is 0 Å². The zero-order valence-electron chi connectivity index (χ0n) is 16.2. The molecule has 0 radical (unpaired) electrons. The highest BCUT2D eigenvalue weighted by atomic mass is 32.1. The Morgan fingerprint density at radius 1 is 1.14 bits per heavy atom. The van der Waals surface area contributed by atoms with E-state index in [1.54, 1.807) is 12.5 Å². The van der Waals surface area contributed by atoms with Crippen LogP contribution in [-0.4, -0.2) is 24.7 Å². The summed E-state index contributed by atoms with van der Waals surface area (Å²) in [5.41, 5.74) is 2.80. The molecular weight excluding hydrogens is 388 g/mol. The van der Waals surface area contributed by atoms with Crippen LogP contribution in [0.5, 0.6) is 11.5 Å². The van der Waals surface area contributed by atoms with E-state index in [9.17, 15) is 9.90 Å². The predicted octanol–water partition coefficient (Wildman–Crippen LogP) is 3.07. The summed E-state index contributed by atoms with van der Waals surface area (Å²) in [6, 6.07) is 16.1. The van der Waals surface area contributed by atoms with Gasteiger partial charge in [-0.05, 0) is 36.1 Å². The quantitative estimate of drug-likeness (QED) is 0.488. The molecule has 2 aromatic carbocycles. The summed E-state index contributed by atoms with van der Waals surface area (Å²) in [6.45, 7) is 1.16. The molecule has 0 aliphatic carbocycles. The Morgan fingerprint density at radius 2 is 1.97 bits per heavy atom. The monoisotopic (exact) mass is 411 g/mol. The van der Waals surface area contributed by atoms with Crippen molar-refractivity contribution in [3.8, 4) is 11.5 Å². The maximum absolute atomic E-state index is 10.6. The van der Waals surface area contributed by atoms with Crippen LogP contribution in [0, 0.1) is 0 Å². The molecule has 0 saturated carbocycles. The van der Waals surface area contributed by atoms with Crippen LogP contribution >= 0.6 is 11.3 Å². The van der Waals surface area contributed by atoms with E-state index in [0.29, 0.717) is 29.7 Å². The first kappa shape index (κ1) is 20.7. The summed E-state index contributed by atoms with van der Waals surface area (Å²) < 4.78 is 11.4. The Balaban J connectivity index is 1.50. The van der Waals surface area contributed by atoms with Gasteiger partial charge in [0, 0.05) is 24.3 Å². The number of aromatic nitrogens is 1. The van der Waals surface area contributed by atoms with E-state index in [1.165, 1.54) is 16.9 Å². The first-order valence-corrected chi connectivity index (χ1v) is 10.2. The number of anilines is 1. The van der Waals surface area contributed by atoms with Crippen molar-refractivity contribution in [1.82, 2.24) is 4.98 Å². The molecule has 0 aliphatic heterocycles. The number of methoxy groups -OCH3 is 1. The van der Waals surface area contributed by atoms with Crippen LogP contribution in [0.2, 0.25) is 0 Å². The van der Waals surface area contributed by atoms with Gasteiger partial charge in [0.2, 0.25) is 0 Å². The van der Waals surface area contributed by atoms with E-state index >= 15 is 0 Å². The standard InChI is InChI=1S/C22H24N2O4S/c1-27-20-12-17(14-23-22-24-18(15-29-22)13-21(25)26)9-10-19(20)28-11-5-8-16-6-3-2-4-7-16/h2-4,6-7,9-10,12,15H,5,8,11,13-14H2,1H3,(H,23,24)(H,25,26)/p-1. The molecule has 7 heteroatoms. The normalized spacial score (nSPS) is 10.5. The molecule has 1 N–H and O–H groups in total. The van der Waals surface area contributed by atoms with Gasteiger partial charge in [-0.15, -0.1) is 11.3 Å². The maximum atomic E-state index is 10.6. The largest absolute Gasteiger partial charge is 0.550 e. The number of aliphatic carboxylic acids is 1. The van der Waals surface area contributed by atoms with Gasteiger partial charge in [0.15, 0.2) is 16.6 Å². The van der Waals surface area contributed by atoms with Gasteiger partial charge in [0.05, 0.1) is 19.4 Å². The molecule has 29 heavy (non-hydrogen) atoms. The van der Waals surface area contributed by atoms with Gasteiger partial charge in [-0.1, -0.05) is 36.4 Å². The summed E-state index contributed by atoms with van der Waals surface area (Å²) in [5, 5.41) is 16.2. The van der Waals surface area contributed by atoms with Gasteiger partial charge < -0.3 is 24.7 Å². The smallest absolute Gasteiger partial charge is 0.183 e. The Kier molecular flexibility index (Phi) is 7.47. The topological polar surface area (TPSA) is 83.5 Å². The molecule has 152 valence electrons. The van der Waals surface area contributed by atoms with Crippen molar-refractivity contribution in [2.75, 3.05) is 19.0 Å². The fourth-order valence-electron chi connectivity index (χ4n) is 2.84. The minimum absolute atomic E-state index is 0.178. The number of benzene rings is 2. The highest BCUT2D eigenvalue weighted by molar-refractivity contribution is 7.13. The minimum atomic E-state index is -1.13. The molecule has 0 spiro atoms. The number of carboxylic acids is 1. The molecule has 6 nitrogen and oxygen atoms in total. The van der Waals surface area contributed by atoms with Crippen molar-refractivity contribution < 1.29 is 19.4 Å². The zero-order chi connectivity index (χ0) is 20.5. The van der Waals surface area contributed by atoms with Crippen molar-refractivity contribution in [1.29, 1.82) is 0 Å². The van der Waals surface area contributed by atoms with Crippen molar-refractivity contribution in [2.24, 2.45) is 0 Å². The van der Waals surface area contributed by atoms with Crippen molar-refractivity contribution >= 4 is 22.4 Å². The van der Waals surface area contributed by atoms with Gasteiger partial charge in [-0.2, -0.15) is 0 Å². The van der Waals surface area contributed by atoms with Gasteiger partial charge >= 0.3 is 0 Å². The molecule has 0 bridgehead atoms. The van der Waals surface area contributed by atoms with Crippen LogP contribution in [0.3, 0.4) is 0 Å². The lowest BCUT2D eigenvalue weighted by Gasteiger charge is -2.12. The third kappa shape index (κ3) is 6.50. The highest BCUT2D eigenvalue weighted by Crippen LogP contribution is 2.29. The molecule has 1 aromatic heterocycles. The molecule has 0 unspecified atom stereocenters. The second-order valence-electron chi connectivity index (χ2n) is 6.47. The molecule has 0 atom stereocenters. The average Bonchev–Trinajstić information content (AvgIpc) is 3.17. The number of aryl methyl sites for hydroxylation is 1. The van der Waals surface area contributed by atoms with Crippen LogP contribution in [-0.2, 0) is 24.2 Å². The van der Waals surface area contributed by atoms with Gasteiger partial charge in [-0.25, -0.2) is 4.98 Å². The second kappa shape index (κ2) is 10.5. The van der Waals surface area contributed by atoms with Crippen molar-refractivity contribution in [3.63, 3.8) is 0 Å². The molecule has 3 aromatic rings. The molecule has 0 fully saturated rings. The number of hydrogen-bond donors (Lipinski definition) is 1. The van der Waals surface area contributed by atoms with Crippen LogP contribution in [0.25, 0.3) is 0 Å². The van der Waals surface area contributed by atoms with E-state index in [2.05, 4.69) is 22.4 Å². The number of carbonyl (C=O) groups excluding carboxylic acids is 1. The lowest BCUT2D eigenvalue weighted by Crippen LogP contribution is -2.24. The maximum Gasteiger partial charge on any atom is 0.183 e. The van der Waals surface area contributed by atoms with Gasteiger partial charge in [-0.3, -0.25) is 0 Å². The van der Waals surface area contributed by atoms with Crippen LogP contribution in [0.4, 0.5) is 5.13 Å². The summed E-state index contributed by atoms with van der Waals surface area (Å²) in [4.78, 5) is 14.9. The number of ether oxygens (including phenoxy) is 2. The fraction of sp³-hybridized carbons (Fsp3) is 0.273. The van der Waals surface area contributed by atoms with E-state index < -0.39 is 5.97 Å². The van der Waals surface area contributed by atoms with E-state index in [4.69, 9.17) is 9.47 Å². The summed E-state index contributed by atoms with van der Waals surface area (Å²) in [6.07, 6.45) is 1.72. The third-order valence-corrected chi connectivity index (χ3v) is 5.11. The lowest BCUT2D eigenvalue weighted by molar-refractivity contribution is -0.304. The number of thiazole rings is 1. The third-order valence-electron chi connectivity index (χ3n) is 4.26. The summed E-state index contributed by atoms with van der Waals surface area (Å²) in [7, 11) is 1.62. The Morgan fingerprint density at radius 3 is 2.72 bits per heavy atom. The number of nitrogens with one attached hydrogen (secondary N) is 1. The van der Waals surface area contributed by atoms with E-state index in [-0.39, 0.29) is 6.42 Å². The SMILES string of the molecule is COc1cc(CNc2nc(CC(=O)[O-])cs2)ccc1OCCCc1ccccc1.